The van der Waals surface area contributed by atoms with Crippen LogP contribution in [-0.2, 0) is 6.42 Å². The van der Waals surface area contributed by atoms with Gasteiger partial charge in [-0.05, 0) is 78.2 Å². The quantitative estimate of drug-likeness (QED) is 0.186. The number of para-hydroxylation sites is 3. The number of fused-ring (bicyclic) bond motifs is 11. The van der Waals surface area contributed by atoms with Crippen LogP contribution < -0.4 is 0 Å². The molecule has 0 spiro atoms. The van der Waals surface area contributed by atoms with Gasteiger partial charge in [-0.15, -0.1) is 0 Å². The molecule has 0 N–H and O–H groups in total. The molecule has 0 fully saturated rings. The molecule has 0 saturated heterocycles. The van der Waals surface area contributed by atoms with Gasteiger partial charge in [-0.3, -0.25) is 0 Å². The van der Waals surface area contributed by atoms with Crippen molar-refractivity contribution in [3.8, 4) is 17.1 Å². The monoisotopic (exact) mass is 625 g/mol. The van der Waals surface area contributed by atoms with Gasteiger partial charge in [0.15, 0.2) is 0 Å². The van der Waals surface area contributed by atoms with Crippen molar-refractivity contribution in [1.29, 1.82) is 0 Å². The van der Waals surface area contributed by atoms with Gasteiger partial charge in [0.2, 0.25) is 0 Å². The molecule has 10 aromatic rings. The summed E-state index contributed by atoms with van der Waals surface area (Å²) < 4.78 is 7.50. The minimum absolute atomic E-state index is 1.03. The number of hydrogen-bond acceptors (Lipinski definition) is 0. The number of aromatic nitrogens is 3. The highest BCUT2D eigenvalue weighted by atomic mass is 15.1. The molecule has 3 nitrogen and oxygen atoms in total. The van der Waals surface area contributed by atoms with Crippen LogP contribution in [0.15, 0.2) is 158 Å². The Kier molecular flexibility index (Phi) is 5.50. The molecule has 0 saturated carbocycles. The maximum atomic E-state index is 2.54. The molecule has 49 heavy (non-hydrogen) atoms. The van der Waals surface area contributed by atoms with E-state index in [2.05, 4.69) is 178 Å². The lowest BCUT2D eigenvalue weighted by molar-refractivity contribution is 0.888. The average molecular weight is 626 g/mol. The topological polar surface area (TPSA) is 14.8 Å². The van der Waals surface area contributed by atoms with Gasteiger partial charge in [-0.1, -0.05) is 109 Å². The first-order valence-corrected chi connectivity index (χ1v) is 17.2. The molecule has 0 radical (unpaired) electrons. The van der Waals surface area contributed by atoms with Gasteiger partial charge in [0, 0.05) is 55.3 Å². The molecule has 3 heteroatoms. The van der Waals surface area contributed by atoms with E-state index in [0.717, 1.165) is 24.2 Å². The van der Waals surface area contributed by atoms with E-state index in [1.807, 2.05) is 0 Å². The van der Waals surface area contributed by atoms with Crippen LogP contribution in [0.3, 0.4) is 0 Å². The second-order valence-corrected chi connectivity index (χ2v) is 13.3. The largest absolute Gasteiger partial charge is 0.313 e. The predicted molar refractivity (Wildman–Crippen MR) is 207 cm³/mol. The van der Waals surface area contributed by atoms with Crippen molar-refractivity contribution in [2.75, 3.05) is 0 Å². The molecule has 230 valence electrons. The fraction of sp³-hybridized carbons (Fsp3) is 0.0435. The summed E-state index contributed by atoms with van der Waals surface area (Å²) in [6, 6.07) is 55.9. The molecule has 0 amide bonds. The smallest absolute Gasteiger partial charge is 0.0788 e. The SMILES string of the molecule is C1=Cc2c(n(-c3ccccc3)c3cc(-n4c5cc6ccccc6cc5c5ccc6c7ccccc7n(-c7ccccc7)c6c54)ccc23)CC1. The predicted octanol–water partition coefficient (Wildman–Crippen LogP) is 11.9. The molecule has 0 bridgehead atoms. The highest BCUT2D eigenvalue weighted by Gasteiger charge is 2.23. The van der Waals surface area contributed by atoms with Crippen LogP contribution in [0.25, 0.3) is 88.4 Å². The van der Waals surface area contributed by atoms with Gasteiger partial charge in [0.1, 0.15) is 0 Å². The van der Waals surface area contributed by atoms with Crippen LogP contribution in [0.1, 0.15) is 17.7 Å². The number of allylic oxidation sites excluding steroid dienone is 1. The summed E-state index contributed by atoms with van der Waals surface area (Å²) >= 11 is 0. The standard InChI is InChI=1S/C46H31N3/c1-3-15-32(16-4-1)47-41-21-11-9-19-35(41)37-24-23-34(29-44(37)47)49-43-28-31-14-8-7-13-30(31)27-40(43)39-26-25-38-36-20-10-12-22-42(36)48(45(38)46(39)49)33-17-5-2-6-18-33/h1-10,12-20,22-29H,11,21H2. The molecule has 7 aromatic carbocycles. The van der Waals surface area contributed by atoms with Crippen LogP contribution in [0.2, 0.25) is 0 Å². The summed E-state index contributed by atoms with van der Waals surface area (Å²) in [4.78, 5) is 0. The van der Waals surface area contributed by atoms with E-state index >= 15 is 0 Å². The number of benzene rings is 7. The Labute approximate surface area is 283 Å². The fourth-order valence-electron chi connectivity index (χ4n) is 8.57. The zero-order chi connectivity index (χ0) is 32.1. The lowest BCUT2D eigenvalue weighted by Crippen LogP contribution is -2.03. The summed E-state index contributed by atoms with van der Waals surface area (Å²) in [6.45, 7) is 0. The first-order chi connectivity index (χ1) is 24.3. The normalized spacial score (nSPS) is 13.1. The van der Waals surface area contributed by atoms with E-state index in [-0.39, 0.29) is 0 Å². The highest BCUT2D eigenvalue weighted by molar-refractivity contribution is 6.25. The Morgan fingerprint density at radius 3 is 1.76 bits per heavy atom. The maximum Gasteiger partial charge on any atom is 0.0788 e. The Balaban J connectivity index is 1.34. The lowest BCUT2D eigenvalue weighted by Gasteiger charge is -2.14. The fourth-order valence-corrected chi connectivity index (χ4v) is 8.57. The lowest BCUT2D eigenvalue weighted by atomic mass is 10.0. The van der Waals surface area contributed by atoms with Crippen LogP contribution in [0.5, 0.6) is 0 Å². The number of hydrogen-bond donors (Lipinski definition) is 0. The summed E-state index contributed by atoms with van der Waals surface area (Å²) in [5, 5.41) is 8.84. The molecule has 3 aromatic heterocycles. The molecule has 0 unspecified atom stereocenters. The van der Waals surface area contributed by atoms with E-state index in [1.54, 1.807) is 0 Å². The second kappa shape index (κ2) is 10.1. The van der Waals surface area contributed by atoms with Gasteiger partial charge in [-0.2, -0.15) is 0 Å². The number of nitrogens with zero attached hydrogens (tertiary/aromatic N) is 3. The first-order valence-electron chi connectivity index (χ1n) is 17.2. The van der Waals surface area contributed by atoms with Crippen molar-refractivity contribution >= 4 is 71.4 Å². The molecule has 11 rings (SSSR count). The van der Waals surface area contributed by atoms with E-state index in [0.29, 0.717) is 0 Å². The molecule has 0 aliphatic heterocycles. The summed E-state index contributed by atoms with van der Waals surface area (Å²) in [6.07, 6.45) is 6.74. The minimum atomic E-state index is 1.03. The number of rotatable bonds is 3. The van der Waals surface area contributed by atoms with Crippen molar-refractivity contribution in [2.45, 2.75) is 12.8 Å². The van der Waals surface area contributed by atoms with Gasteiger partial charge in [-0.25, -0.2) is 0 Å². The van der Waals surface area contributed by atoms with Crippen molar-refractivity contribution in [2.24, 2.45) is 0 Å². The Morgan fingerprint density at radius 1 is 0.388 bits per heavy atom. The van der Waals surface area contributed by atoms with Crippen LogP contribution in [0, 0.1) is 0 Å². The van der Waals surface area contributed by atoms with Crippen LogP contribution >= 0.6 is 0 Å². The third kappa shape index (κ3) is 3.73. The maximum absolute atomic E-state index is 2.54. The summed E-state index contributed by atoms with van der Waals surface area (Å²) in [7, 11) is 0. The summed E-state index contributed by atoms with van der Waals surface area (Å²) in [5.41, 5.74) is 12.4. The summed E-state index contributed by atoms with van der Waals surface area (Å²) in [5.74, 6) is 0. The van der Waals surface area contributed by atoms with Gasteiger partial charge >= 0.3 is 0 Å². The van der Waals surface area contributed by atoms with Gasteiger partial charge in [0.05, 0.1) is 27.6 Å². The average Bonchev–Trinajstić information content (AvgIpc) is 3.79. The first kappa shape index (κ1) is 26.7. The van der Waals surface area contributed by atoms with E-state index in [1.165, 1.54) is 82.2 Å². The minimum Gasteiger partial charge on any atom is -0.313 e. The Bertz CT molecular complexity index is 2970. The van der Waals surface area contributed by atoms with Crippen molar-refractivity contribution < 1.29 is 0 Å². The van der Waals surface area contributed by atoms with Crippen molar-refractivity contribution in [3.63, 3.8) is 0 Å². The van der Waals surface area contributed by atoms with Crippen LogP contribution in [-0.4, -0.2) is 13.7 Å². The second-order valence-electron chi connectivity index (χ2n) is 13.3. The van der Waals surface area contributed by atoms with Crippen molar-refractivity contribution in [1.82, 2.24) is 13.7 Å². The Morgan fingerprint density at radius 2 is 0.980 bits per heavy atom. The molecule has 1 aliphatic carbocycles. The molecular weight excluding hydrogens is 595 g/mol. The van der Waals surface area contributed by atoms with E-state index < -0.39 is 0 Å². The Hall–Kier alpha value is -6.32. The molecule has 1 aliphatic rings. The van der Waals surface area contributed by atoms with E-state index in [9.17, 15) is 0 Å². The molecule has 0 atom stereocenters. The zero-order valence-corrected chi connectivity index (χ0v) is 26.8. The zero-order valence-electron chi connectivity index (χ0n) is 26.8. The van der Waals surface area contributed by atoms with Gasteiger partial charge < -0.3 is 13.7 Å². The van der Waals surface area contributed by atoms with E-state index in [4.69, 9.17) is 0 Å². The highest BCUT2D eigenvalue weighted by Crippen LogP contribution is 2.43. The third-order valence-corrected chi connectivity index (χ3v) is 10.6. The van der Waals surface area contributed by atoms with Crippen molar-refractivity contribution in [3.05, 3.63) is 169 Å². The molecular formula is C46H31N3. The third-order valence-electron chi connectivity index (χ3n) is 10.6. The molecule has 3 heterocycles. The van der Waals surface area contributed by atoms with Gasteiger partial charge in [0.25, 0.3) is 0 Å². The van der Waals surface area contributed by atoms with Crippen LogP contribution in [0.4, 0.5) is 0 Å².